The molecule has 0 aromatic heterocycles. The smallest absolute Gasteiger partial charge is 0.150 e. The molecule has 3 nitrogen and oxygen atoms in total. The third-order valence-corrected chi connectivity index (χ3v) is 3.36. The summed E-state index contributed by atoms with van der Waals surface area (Å²) in [7, 11) is 0. The van der Waals surface area contributed by atoms with E-state index >= 15 is 0 Å². The summed E-state index contributed by atoms with van der Waals surface area (Å²) in [6.45, 7) is 5.73. The van der Waals surface area contributed by atoms with Crippen LogP contribution in [-0.2, 0) is 19.3 Å². The number of rotatable bonds is 6. The molecule has 1 aromatic rings. The Kier molecular flexibility index (Phi) is 4.95. The Balaban J connectivity index is 3.88. The lowest BCUT2D eigenvalue weighted by Crippen LogP contribution is -2.11. The summed E-state index contributed by atoms with van der Waals surface area (Å²) < 4.78 is 0. The lowest BCUT2D eigenvalue weighted by molar-refractivity contribution is 0.112. The molecule has 96 valence electrons. The Hall–Kier alpha value is -1.77. The van der Waals surface area contributed by atoms with Crippen molar-refractivity contribution in [3.05, 3.63) is 33.4 Å². The van der Waals surface area contributed by atoms with E-state index in [0.717, 1.165) is 35.5 Å². The first-order chi connectivity index (χ1) is 8.69. The summed E-state index contributed by atoms with van der Waals surface area (Å²) in [6.07, 6.45) is 4.12. The highest BCUT2D eigenvalue weighted by Crippen LogP contribution is 2.27. The first kappa shape index (κ1) is 14.3. The maximum atomic E-state index is 11.3. The number of carbonyl (C=O) groups is 3. The normalized spacial score (nSPS) is 10.2. The summed E-state index contributed by atoms with van der Waals surface area (Å²) in [5.41, 5.74) is 3.84. The molecule has 0 atom stereocenters. The van der Waals surface area contributed by atoms with Crippen molar-refractivity contribution in [2.24, 2.45) is 0 Å². The van der Waals surface area contributed by atoms with Gasteiger partial charge >= 0.3 is 0 Å². The van der Waals surface area contributed by atoms with Crippen LogP contribution in [0.4, 0.5) is 0 Å². The minimum absolute atomic E-state index is 0.515. The van der Waals surface area contributed by atoms with Crippen LogP contribution in [0.1, 0.15) is 68.5 Å². The van der Waals surface area contributed by atoms with Crippen molar-refractivity contribution in [3.63, 3.8) is 0 Å². The van der Waals surface area contributed by atoms with Gasteiger partial charge in [0.2, 0.25) is 0 Å². The Bertz CT molecular complexity index is 394. The van der Waals surface area contributed by atoms with Gasteiger partial charge in [0.1, 0.15) is 0 Å². The highest BCUT2D eigenvalue weighted by molar-refractivity contribution is 5.95. The summed E-state index contributed by atoms with van der Waals surface area (Å²) in [4.78, 5) is 33.8. The molecule has 3 heteroatoms. The van der Waals surface area contributed by atoms with Gasteiger partial charge in [0.05, 0.1) is 0 Å². The van der Waals surface area contributed by atoms with E-state index in [1.165, 1.54) is 0 Å². The van der Waals surface area contributed by atoms with Crippen LogP contribution in [0, 0.1) is 0 Å². The standard InChI is InChI=1S/C15H18O3/c1-4-10-13(7-16)11(5-2)15(9-18)12(6-3)14(10)8-17/h7-9H,4-6H2,1-3H3. The molecule has 1 aromatic carbocycles. The summed E-state index contributed by atoms with van der Waals surface area (Å²) in [5, 5.41) is 0. The zero-order valence-corrected chi connectivity index (χ0v) is 11.1. The highest BCUT2D eigenvalue weighted by Gasteiger charge is 2.20. The molecule has 0 N–H and O–H groups in total. The van der Waals surface area contributed by atoms with E-state index in [1.54, 1.807) is 0 Å². The van der Waals surface area contributed by atoms with Crippen molar-refractivity contribution in [3.8, 4) is 0 Å². The van der Waals surface area contributed by atoms with E-state index in [4.69, 9.17) is 0 Å². The molecule has 18 heavy (non-hydrogen) atoms. The number of benzene rings is 1. The van der Waals surface area contributed by atoms with Crippen LogP contribution < -0.4 is 0 Å². The third-order valence-electron chi connectivity index (χ3n) is 3.36. The highest BCUT2D eigenvalue weighted by atomic mass is 16.1. The maximum absolute atomic E-state index is 11.3. The van der Waals surface area contributed by atoms with Gasteiger partial charge < -0.3 is 0 Å². The molecule has 0 aliphatic carbocycles. The topological polar surface area (TPSA) is 51.2 Å². The molecule has 0 bridgehead atoms. The first-order valence-corrected chi connectivity index (χ1v) is 6.26. The van der Waals surface area contributed by atoms with Crippen LogP contribution in [0.5, 0.6) is 0 Å². The number of hydrogen-bond donors (Lipinski definition) is 0. The molecule has 0 fully saturated rings. The molecular weight excluding hydrogens is 228 g/mol. The van der Waals surface area contributed by atoms with Crippen LogP contribution in [0.2, 0.25) is 0 Å². The fourth-order valence-electron chi connectivity index (χ4n) is 2.55. The largest absolute Gasteiger partial charge is 0.298 e. The minimum atomic E-state index is 0.515. The van der Waals surface area contributed by atoms with Crippen LogP contribution >= 0.6 is 0 Å². The molecule has 0 aliphatic heterocycles. The Morgan fingerprint density at radius 2 is 0.833 bits per heavy atom. The second-order valence-electron chi connectivity index (χ2n) is 4.09. The molecule has 0 unspecified atom stereocenters. The van der Waals surface area contributed by atoms with Gasteiger partial charge in [-0.05, 0) is 36.0 Å². The van der Waals surface area contributed by atoms with Crippen LogP contribution in [-0.4, -0.2) is 18.9 Å². The van der Waals surface area contributed by atoms with Crippen LogP contribution in [0.3, 0.4) is 0 Å². The van der Waals surface area contributed by atoms with E-state index in [1.807, 2.05) is 20.8 Å². The van der Waals surface area contributed by atoms with Gasteiger partial charge in [-0.15, -0.1) is 0 Å². The molecule has 0 saturated carbocycles. The quantitative estimate of drug-likeness (QED) is 0.725. The zero-order chi connectivity index (χ0) is 13.7. The average Bonchev–Trinajstić information content (AvgIpc) is 2.43. The van der Waals surface area contributed by atoms with Crippen molar-refractivity contribution < 1.29 is 14.4 Å². The zero-order valence-electron chi connectivity index (χ0n) is 11.1. The van der Waals surface area contributed by atoms with Gasteiger partial charge in [-0.1, -0.05) is 20.8 Å². The van der Waals surface area contributed by atoms with Crippen molar-refractivity contribution in [1.29, 1.82) is 0 Å². The summed E-state index contributed by atoms with van der Waals surface area (Å²) in [5.74, 6) is 0. The van der Waals surface area contributed by atoms with Gasteiger partial charge in [-0.25, -0.2) is 0 Å². The Morgan fingerprint density at radius 3 is 0.944 bits per heavy atom. The predicted octanol–water partition coefficient (Wildman–Crippen LogP) is 2.81. The molecule has 0 heterocycles. The van der Waals surface area contributed by atoms with Crippen molar-refractivity contribution in [2.75, 3.05) is 0 Å². The number of carbonyl (C=O) groups excluding carboxylic acids is 3. The lowest BCUT2D eigenvalue weighted by atomic mass is 9.85. The molecule has 0 aliphatic rings. The van der Waals surface area contributed by atoms with Crippen molar-refractivity contribution in [1.82, 2.24) is 0 Å². The van der Waals surface area contributed by atoms with Crippen LogP contribution in [0.25, 0.3) is 0 Å². The van der Waals surface area contributed by atoms with Gasteiger partial charge in [-0.3, -0.25) is 14.4 Å². The first-order valence-electron chi connectivity index (χ1n) is 6.26. The molecule has 0 amide bonds. The van der Waals surface area contributed by atoms with E-state index in [9.17, 15) is 14.4 Å². The Morgan fingerprint density at radius 1 is 0.611 bits per heavy atom. The van der Waals surface area contributed by atoms with Gasteiger partial charge in [0.25, 0.3) is 0 Å². The molecule has 0 saturated heterocycles. The van der Waals surface area contributed by atoms with E-state index in [2.05, 4.69) is 0 Å². The summed E-state index contributed by atoms with van der Waals surface area (Å²) in [6, 6.07) is 0. The van der Waals surface area contributed by atoms with E-state index in [0.29, 0.717) is 36.0 Å². The second kappa shape index (κ2) is 6.24. The molecule has 0 radical (unpaired) electrons. The van der Waals surface area contributed by atoms with Gasteiger partial charge in [0, 0.05) is 16.7 Å². The average molecular weight is 246 g/mol. The fraction of sp³-hybridized carbons (Fsp3) is 0.400. The van der Waals surface area contributed by atoms with Gasteiger partial charge in [-0.2, -0.15) is 0 Å². The predicted molar refractivity (Wildman–Crippen MR) is 70.7 cm³/mol. The molecule has 0 spiro atoms. The number of aldehydes is 3. The maximum Gasteiger partial charge on any atom is 0.150 e. The van der Waals surface area contributed by atoms with Gasteiger partial charge in [0.15, 0.2) is 18.9 Å². The number of hydrogen-bond acceptors (Lipinski definition) is 3. The van der Waals surface area contributed by atoms with Crippen molar-refractivity contribution >= 4 is 18.9 Å². The van der Waals surface area contributed by atoms with E-state index in [-0.39, 0.29) is 0 Å². The summed E-state index contributed by atoms with van der Waals surface area (Å²) >= 11 is 0. The van der Waals surface area contributed by atoms with E-state index < -0.39 is 0 Å². The lowest BCUT2D eigenvalue weighted by Gasteiger charge is -2.18. The van der Waals surface area contributed by atoms with Crippen LogP contribution in [0.15, 0.2) is 0 Å². The fourth-order valence-corrected chi connectivity index (χ4v) is 2.55. The second-order valence-corrected chi connectivity index (χ2v) is 4.09. The monoisotopic (exact) mass is 246 g/mol. The molecule has 1 rings (SSSR count). The molecular formula is C15H18O3. The third kappa shape index (κ3) is 2.13. The minimum Gasteiger partial charge on any atom is -0.298 e. The SMILES string of the molecule is CCc1c(C=O)c(CC)c(C=O)c(CC)c1C=O. The van der Waals surface area contributed by atoms with Crippen molar-refractivity contribution in [2.45, 2.75) is 40.0 Å². The Labute approximate surface area is 107 Å².